The number of nitrogens with zero attached hydrogens (tertiary/aromatic N) is 1. The Bertz CT molecular complexity index is 500. The molecule has 0 spiro atoms. The highest BCUT2D eigenvalue weighted by molar-refractivity contribution is 9.10. The van der Waals surface area contributed by atoms with E-state index in [9.17, 15) is 4.39 Å². The first-order valence-electron chi connectivity index (χ1n) is 4.34. The molecule has 2 nitrogen and oxygen atoms in total. The molecule has 0 bridgehead atoms. The summed E-state index contributed by atoms with van der Waals surface area (Å²) in [5.74, 6) is 0.131. The van der Waals surface area contributed by atoms with Crippen LogP contribution in [-0.2, 0) is 0 Å². The van der Waals surface area contributed by atoms with Gasteiger partial charge < -0.3 is 5.73 Å². The number of hydrogen-bond acceptors (Lipinski definition) is 2. The van der Waals surface area contributed by atoms with Gasteiger partial charge in [-0.1, -0.05) is 12.1 Å². The number of pyridine rings is 1. The maximum Gasteiger partial charge on any atom is 0.138 e. The summed E-state index contributed by atoms with van der Waals surface area (Å²) in [6, 6.07) is 8.13. The lowest BCUT2D eigenvalue weighted by Crippen LogP contribution is -1.92. The van der Waals surface area contributed by atoms with Crippen LogP contribution in [0.3, 0.4) is 0 Å². The molecule has 2 N–H and O–H groups in total. The second kappa shape index (κ2) is 3.98. The van der Waals surface area contributed by atoms with Crippen LogP contribution in [0.5, 0.6) is 0 Å². The second-order valence-corrected chi connectivity index (χ2v) is 3.86. The van der Waals surface area contributed by atoms with Gasteiger partial charge in [-0.15, -0.1) is 0 Å². The van der Waals surface area contributed by atoms with Crippen molar-refractivity contribution in [3.63, 3.8) is 0 Å². The number of benzene rings is 1. The summed E-state index contributed by atoms with van der Waals surface area (Å²) < 4.78 is 13.7. The molecule has 0 amide bonds. The number of nitrogen functional groups attached to an aromatic ring is 1. The normalized spacial score (nSPS) is 10.3. The Morgan fingerprint density at radius 3 is 2.80 bits per heavy atom. The summed E-state index contributed by atoms with van der Waals surface area (Å²) in [6.45, 7) is 0. The molecule has 0 saturated carbocycles. The maximum absolute atomic E-state index is 13.0. The molecule has 1 aromatic heterocycles. The van der Waals surface area contributed by atoms with E-state index in [0.717, 1.165) is 11.1 Å². The minimum Gasteiger partial charge on any atom is -0.383 e. The fourth-order valence-corrected chi connectivity index (χ4v) is 1.80. The van der Waals surface area contributed by atoms with Gasteiger partial charge in [0.05, 0.1) is 4.47 Å². The topological polar surface area (TPSA) is 38.9 Å². The zero-order valence-corrected chi connectivity index (χ0v) is 9.33. The fraction of sp³-hybridized carbons (Fsp3) is 0. The highest BCUT2D eigenvalue weighted by Gasteiger charge is 2.06. The van der Waals surface area contributed by atoms with Crippen LogP contribution in [0.2, 0.25) is 0 Å². The van der Waals surface area contributed by atoms with Crippen molar-refractivity contribution in [2.45, 2.75) is 0 Å². The Morgan fingerprint density at radius 2 is 2.07 bits per heavy atom. The van der Waals surface area contributed by atoms with Gasteiger partial charge >= 0.3 is 0 Å². The summed E-state index contributed by atoms with van der Waals surface area (Å²) in [6.07, 6.45) is 1.60. The zero-order valence-electron chi connectivity index (χ0n) is 7.74. The SMILES string of the molecule is Nc1nccc(-c2cccc(F)c2)c1Br. The van der Waals surface area contributed by atoms with Crippen LogP contribution in [0, 0.1) is 5.82 Å². The van der Waals surface area contributed by atoms with E-state index in [-0.39, 0.29) is 5.82 Å². The molecule has 0 unspecified atom stereocenters. The van der Waals surface area contributed by atoms with Gasteiger partial charge in [0.15, 0.2) is 0 Å². The van der Waals surface area contributed by atoms with Crippen LogP contribution in [0.25, 0.3) is 11.1 Å². The number of nitrogens with two attached hydrogens (primary N) is 1. The quantitative estimate of drug-likeness (QED) is 0.861. The first-order chi connectivity index (χ1) is 7.18. The average Bonchev–Trinajstić information content (AvgIpc) is 2.22. The molecule has 0 fully saturated rings. The largest absolute Gasteiger partial charge is 0.383 e. The Balaban J connectivity index is 2.59. The zero-order chi connectivity index (χ0) is 10.8. The summed E-state index contributed by atoms with van der Waals surface area (Å²) in [5.41, 5.74) is 7.25. The van der Waals surface area contributed by atoms with Crippen LogP contribution in [0.4, 0.5) is 10.2 Å². The standard InChI is InChI=1S/C11H8BrFN2/c12-10-9(4-5-15-11(10)14)7-2-1-3-8(13)6-7/h1-6H,(H2,14,15). The van der Waals surface area contributed by atoms with Crippen molar-refractivity contribution in [1.82, 2.24) is 4.98 Å². The summed E-state index contributed by atoms with van der Waals surface area (Å²) in [5, 5.41) is 0. The molecule has 2 aromatic rings. The lowest BCUT2D eigenvalue weighted by Gasteiger charge is -2.05. The minimum absolute atomic E-state index is 0.269. The second-order valence-electron chi connectivity index (χ2n) is 3.07. The van der Waals surface area contributed by atoms with Crippen molar-refractivity contribution in [3.05, 3.63) is 46.8 Å². The molecule has 0 radical (unpaired) electrons. The van der Waals surface area contributed by atoms with Crippen LogP contribution in [0.15, 0.2) is 41.0 Å². The first-order valence-corrected chi connectivity index (χ1v) is 5.13. The molecule has 4 heteroatoms. The summed E-state index contributed by atoms with van der Waals surface area (Å²) in [4.78, 5) is 3.92. The van der Waals surface area contributed by atoms with E-state index in [1.54, 1.807) is 18.3 Å². The Hall–Kier alpha value is -1.42. The highest BCUT2D eigenvalue weighted by atomic mass is 79.9. The molecule has 0 saturated heterocycles. The molecule has 0 aliphatic rings. The maximum atomic E-state index is 13.0. The molecule has 76 valence electrons. The van der Waals surface area contributed by atoms with E-state index < -0.39 is 0 Å². The van der Waals surface area contributed by atoms with Gasteiger partial charge in [0.1, 0.15) is 11.6 Å². The molecular weight excluding hydrogens is 259 g/mol. The number of halogens is 2. The number of anilines is 1. The Kier molecular flexibility index (Phi) is 2.68. The van der Waals surface area contributed by atoms with E-state index in [4.69, 9.17) is 5.73 Å². The van der Waals surface area contributed by atoms with Crippen LogP contribution in [-0.4, -0.2) is 4.98 Å². The van der Waals surface area contributed by atoms with Gasteiger partial charge in [0.2, 0.25) is 0 Å². The van der Waals surface area contributed by atoms with E-state index in [2.05, 4.69) is 20.9 Å². The van der Waals surface area contributed by atoms with Gasteiger partial charge in [-0.05, 0) is 39.7 Å². The predicted octanol–water partition coefficient (Wildman–Crippen LogP) is 3.23. The summed E-state index contributed by atoms with van der Waals surface area (Å²) >= 11 is 3.33. The van der Waals surface area contributed by atoms with Crippen molar-refractivity contribution in [1.29, 1.82) is 0 Å². The van der Waals surface area contributed by atoms with E-state index in [0.29, 0.717) is 10.3 Å². The van der Waals surface area contributed by atoms with Crippen molar-refractivity contribution in [2.75, 3.05) is 5.73 Å². The lowest BCUT2D eigenvalue weighted by molar-refractivity contribution is 0.628. The van der Waals surface area contributed by atoms with Crippen LogP contribution >= 0.6 is 15.9 Å². The van der Waals surface area contributed by atoms with Gasteiger partial charge in [-0.2, -0.15) is 0 Å². The Morgan fingerprint density at radius 1 is 1.27 bits per heavy atom. The van der Waals surface area contributed by atoms with Gasteiger partial charge in [0, 0.05) is 11.8 Å². The first kappa shape index (κ1) is 10.1. The molecule has 0 aliphatic carbocycles. The smallest absolute Gasteiger partial charge is 0.138 e. The lowest BCUT2D eigenvalue weighted by atomic mass is 10.1. The van der Waals surface area contributed by atoms with E-state index in [1.807, 2.05) is 6.07 Å². The molecule has 1 heterocycles. The van der Waals surface area contributed by atoms with Crippen LogP contribution in [0.1, 0.15) is 0 Å². The molecule has 15 heavy (non-hydrogen) atoms. The number of aromatic nitrogens is 1. The fourth-order valence-electron chi connectivity index (χ4n) is 1.34. The third-order valence-electron chi connectivity index (χ3n) is 2.05. The number of hydrogen-bond donors (Lipinski definition) is 1. The molecule has 2 rings (SSSR count). The third-order valence-corrected chi connectivity index (χ3v) is 2.89. The molecule has 0 atom stereocenters. The Labute approximate surface area is 95.1 Å². The molecular formula is C11H8BrFN2. The van der Waals surface area contributed by atoms with Crippen molar-refractivity contribution >= 4 is 21.7 Å². The monoisotopic (exact) mass is 266 g/mol. The molecule has 0 aliphatic heterocycles. The highest BCUT2D eigenvalue weighted by Crippen LogP contribution is 2.31. The van der Waals surface area contributed by atoms with Gasteiger partial charge in [-0.3, -0.25) is 0 Å². The predicted molar refractivity (Wildman–Crippen MR) is 61.7 cm³/mol. The third kappa shape index (κ3) is 1.99. The number of rotatable bonds is 1. The van der Waals surface area contributed by atoms with Crippen LogP contribution < -0.4 is 5.73 Å². The minimum atomic E-state index is -0.269. The van der Waals surface area contributed by atoms with Gasteiger partial charge in [-0.25, -0.2) is 9.37 Å². The van der Waals surface area contributed by atoms with Crippen molar-refractivity contribution in [3.8, 4) is 11.1 Å². The molecule has 1 aromatic carbocycles. The van der Waals surface area contributed by atoms with Crippen molar-refractivity contribution in [2.24, 2.45) is 0 Å². The average molecular weight is 267 g/mol. The van der Waals surface area contributed by atoms with Gasteiger partial charge in [0.25, 0.3) is 0 Å². The van der Waals surface area contributed by atoms with E-state index in [1.165, 1.54) is 12.1 Å². The van der Waals surface area contributed by atoms with E-state index >= 15 is 0 Å². The summed E-state index contributed by atoms with van der Waals surface area (Å²) in [7, 11) is 0. The van der Waals surface area contributed by atoms with Crippen molar-refractivity contribution < 1.29 is 4.39 Å².